The highest BCUT2D eigenvalue weighted by Crippen LogP contribution is 2.24. The number of carbonyl (C=O) groups excluding carboxylic acids is 3. The summed E-state index contributed by atoms with van der Waals surface area (Å²) >= 11 is 0. The zero-order valence-electron chi connectivity index (χ0n) is 17.4. The largest absolute Gasteiger partial charge is 0.465 e. The van der Waals surface area contributed by atoms with Crippen LogP contribution in [0.3, 0.4) is 0 Å². The second kappa shape index (κ2) is 8.36. The number of esters is 2. The standard InChI is InChI=1S/C22H22N2O6/c1-11-16(21(26)28-5)12(2)23-17(11)19(25)14(4)30-22(27)18-13(3)29-20(24-18)15-9-7-6-8-10-15/h6-10,14,23H,1-5H3/t14-/m1/s1. The van der Waals surface area contributed by atoms with Crippen LogP contribution in [0.1, 0.15) is 55.3 Å². The summed E-state index contributed by atoms with van der Waals surface area (Å²) in [6.45, 7) is 6.35. The van der Waals surface area contributed by atoms with Crippen LogP contribution in [-0.2, 0) is 9.47 Å². The molecule has 1 N–H and O–H groups in total. The van der Waals surface area contributed by atoms with Gasteiger partial charge in [-0.15, -0.1) is 0 Å². The molecule has 0 saturated carbocycles. The summed E-state index contributed by atoms with van der Waals surface area (Å²) in [6, 6.07) is 9.13. The Labute approximate surface area is 173 Å². The number of nitrogens with one attached hydrogen (secondary N) is 1. The van der Waals surface area contributed by atoms with Gasteiger partial charge in [-0.05, 0) is 45.4 Å². The third-order valence-corrected chi connectivity index (χ3v) is 4.74. The number of oxazole rings is 1. The van der Waals surface area contributed by atoms with Gasteiger partial charge < -0.3 is 18.9 Å². The van der Waals surface area contributed by atoms with E-state index in [0.717, 1.165) is 5.56 Å². The molecule has 8 nitrogen and oxygen atoms in total. The number of hydrogen-bond acceptors (Lipinski definition) is 7. The van der Waals surface area contributed by atoms with E-state index in [1.54, 1.807) is 20.8 Å². The topological polar surface area (TPSA) is 111 Å². The Balaban J connectivity index is 1.79. The first kappa shape index (κ1) is 21.0. The fraction of sp³-hybridized carbons (Fsp3) is 0.273. The summed E-state index contributed by atoms with van der Waals surface area (Å²) in [5.74, 6) is -1.20. The number of hydrogen-bond donors (Lipinski definition) is 1. The molecule has 0 aliphatic carbocycles. The molecule has 30 heavy (non-hydrogen) atoms. The van der Waals surface area contributed by atoms with E-state index in [2.05, 4.69) is 9.97 Å². The average Bonchev–Trinajstić information content (AvgIpc) is 3.26. The summed E-state index contributed by atoms with van der Waals surface area (Å²) in [7, 11) is 1.27. The van der Waals surface area contributed by atoms with Crippen molar-refractivity contribution in [1.29, 1.82) is 0 Å². The quantitative estimate of drug-likeness (QED) is 0.486. The van der Waals surface area contributed by atoms with E-state index in [1.165, 1.54) is 14.0 Å². The lowest BCUT2D eigenvalue weighted by Gasteiger charge is -2.11. The van der Waals surface area contributed by atoms with Gasteiger partial charge in [0.05, 0.1) is 18.4 Å². The normalized spacial score (nSPS) is 11.8. The Kier molecular flexibility index (Phi) is 5.86. The molecule has 3 aromatic rings. The van der Waals surface area contributed by atoms with Crippen LogP contribution >= 0.6 is 0 Å². The van der Waals surface area contributed by atoms with Crippen LogP contribution in [0.4, 0.5) is 0 Å². The van der Waals surface area contributed by atoms with E-state index in [1.807, 2.05) is 30.3 Å². The minimum Gasteiger partial charge on any atom is -0.465 e. The number of nitrogens with zero attached hydrogens (tertiary/aromatic N) is 1. The first-order chi connectivity index (χ1) is 14.2. The highest BCUT2D eigenvalue weighted by molar-refractivity contribution is 6.04. The molecule has 2 heterocycles. The molecule has 0 amide bonds. The van der Waals surface area contributed by atoms with E-state index in [0.29, 0.717) is 22.6 Å². The third kappa shape index (κ3) is 3.89. The second-order valence-electron chi connectivity index (χ2n) is 6.82. The predicted octanol–water partition coefficient (Wildman–Crippen LogP) is 3.81. The lowest BCUT2D eigenvalue weighted by molar-refractivity contribution is 0.0310. The molecule has 0 unspecified atom stereocenters. The van der Waals surface area contributed by atoms with Crippen molar-refractivity contribution >= 4 is 17.7 Å². The minimum absolute atomic E-state index is 0.00291. The maximum absolute atomic E-state index is 12.8. The number of aromatic nitrogens is 2. The third-order valence-electron chi connectivity index (χ3n) is 4.74. The van der Waals surface area contributed by atoms with E-state index in [4.69, 9.17) is 13.9 Å². The van der Waals surface area contributed by atoms with Crippen LogP contribution in [0.2, 0.25) is 0 Å². The molecule has 3 rings (SSSR count). The van der Waals surface area contributed by atoms with Crippen LogP contribution in [-0.4, -0.2) is 40.9 Å². The van der Waals surface area contributed by atoms with Gasteiger partial charge in [-0.2, -0.15) is 0 Å². The molecule has 0 aliphatic heterocycles. The minimum atomic E-state index is -1.10. The first-order valence-electron chi connectivity index (χ1n) is 9.30. The number of rotatable bonds is 6. The molecule has 1 atom stereocenters. The smallest absolute Gasteiger partial charge is 0.361 e. The fourth-order valence-corrected chi connectivity index (χ4v) is 3.17. The van der Waals surface area contributed by atoms with E-state index >= 15 is 0 Å². The van der Waals surface area contributed by atoms with Crippen LogP contribution in [0.5, 0.6) is 0 Å². The zero-order valence-corrected chi connectivity index (χ0v) is 17.4. The van der Waals surface area contributed by atoms with E-state index in [9.17, 15) is 14.4 Å². The molecular weight excluding hydrogens is 388 g/mol. The number of methoxy groups -OCH3 is 1. The number of benzene rings is 1. The summed E-state index contributed by atoms with van der Waals surface area (Å²) in [6.07, 6.45) is -1.10. The number of ether oxygens (including phenoxy) is 2. The van der Waals surface area contributed by atoms with Crippen molar-refractivity contribution in [2.75, 3.05) is 7.11 Å². The maximum atomic E-state index is 12.8. The first-order valence-corrected chi connectivity index (χ1v) is 9.30. The molecular formula is C22H22N2O6. The number of ketones is 1. The molecule has 156 valence electrons. The molecule has 8 heteroatoms. The van der Waals surface area contributed by atoms with Crippen molar-refractivity contribution in [2.45, 2.75) is 33.8 Å². The summed E-state index contributed by atoms with van der Waals surface area (Å²) < 4.78 is 15.6. The van der Waals surface area contributed by atoms with E-state index < -0.39 is 23.8 Å². The SMILES string of the molecule is COC(=O)c1c(C)[nH]c(C(=O)[C@@H](C)OC(=O)c2nc(-c3ccccc3)oc2C)c1C. The summed E-state index contributed by atoms with van der Waals surface area (Å²) in [5.41, 5.74) is 2.14. The van der Waals surface area contributed by atoms with Gasteiger partial charge in [0.25, 0.3) is 0 Å². The zero-order chi connectivity index (χ0) is 22.0. The second-order valence-corrected chi connectivity index (χ2v) is 6.82. The van der Waals surface area contributed by atoms with Crippen molar-refractivity contribution in [1.82, 2.24) is 9.97 Å². The van der Waals surface area contributed by atoms with E-state index in [-0.39, 0.29) is 17.3 Å². The van der Waals surface area contributed by atoms with Gasteiger partial charge in [0, 0.05) is 11.3 Å². The molecule has 0 aliphatic rings. The highest BCUT2D eigenvalue weighted by atomic mass is 16.5. The predicted molar refractivity (Wildman–Crippen MR) is 107 cm³/mol. The Hall–Kier alpha value is -3.68. The lowest BCUT2D eigenvalue weighted by Crippen LogP contribution is -2.26. The number of Topliss-reactive ketones (excluding diaryl/α,β-unsaturated/α-hetero) is 1. The molecule has 0 radical (unpaired) electrons. The van der Waals surface area contributed by atoms with Gasteiger partial charge in [-0.25, -0.2) is 14.6 Å². The van der Waals surface area contributed by atoms with Gasteiger partial charge in [0.15, 0.2) is 11.8 Å². The molecule has 0 bridgehead atoms. The van der Waals surface area contributed by atoms with Crippen molar-refractivity contribution < 1.29 is 28.3 Å². The molecule has 2 aromatic heterocycles. The molecule has 0 fully saturated rings. The van der Waals surface area contributed by atoms with Gasteiger partial charge >= 0.3 is 11.9 Å². The number of carbonyl (C=O) groups is 3. The van der Waals surface area contributed by atoms with Crippen LogP contribution < -0.4 is 0 Å². The Morgan fingerprint density at radius 1 is 1.07 bits per heavy atom. The van der Waals surface area contributed by atoms with Crippen LogP contribution in [0.25, 0.3) is 11.5 Å². The number of aryl methyl sites for hydroxylation is 2. The number of H-pyrrole nitrogens is 1. The summed E-state index contributed by atoms with van der Waals surface area (Å²) in [5, 5.41) is 0. The average molecular weight is 410 g/mol. The fourth-order valence-electron chi connectivity index (χ4n) is 3.17. The van der Waals surface area contributed by atoms with Gasteiger partial charge in [0.2, 0.25) is 11.7 Å². The Morgan fingerprint density at radius 2 is 1.73 bits per heavy atom. The lowest BCUT2D eigenvalue weighted by atomic mass is 10.1. The van der Waals surface area contributed by atoms with Crippen molar-refractivity contribution in [3.05, 3.63) is 64.3 Å². The Morgan fingerprint density at radius 3 is 2.37 bits per heavy atom. The van der Waals surface area contributed by atoms with Gasteiger partial charge in [0.1, 0.15) is 5.76 Å². The van der Waals surface area contributed by atoms with Crippen molar-refractivity contribution in [3.8, 4) is 11.5 Å². The summed E-state index contributed by atoms with van der Waals surface area (Å²) in [4.78, 5) is 44.4. The highest BCUT2D eigenvalue weighted by Gasteiger charge is 2.29. The molecule has 1 aromatic carbocycles. The monoisotopic (exact) mass is 410 g/mol. The van der Waals surface area contributed by atoms with Gasteiger partial charge in [-0.3, -0.25) is 4.79 Å². The van der Waals surface area contributed by atoms with Crippen LogP contribution in [0, 0.1) is 20.8 Å². The van der Waals surface area contributed by atoms with Crippen molar-refractivity contribution in [2.24, 2.45) is 0 Å². The Bertz CT molecular complexity index is 1110. The van der Waals surface area contributed by atoms with Crippen LogP contribution in [0.15, 0.2) is 34.7 Å². The number of aromatic amines is 1. The van der Waals surface area contributed by atoms with Crippen molar-refractivity contribution in [3.63, 3.8) is 0 Å². The van der Waals surface area contributed by atoms with Gasteiger partial charge in [-0.1, -0.05) is 18.2 Å². The maximum Gasteiger partial charge on any atom is 0.361 e. The molecule has 0 spiro atoms. The molecule has 0 saturated heterocycles.